The normalized spacial score (nSPS) is 11.1. The average molecular weight is 613 g/mol. The number of fused-ring (bicyclic) bond motifs is 1. The number of ether oxygens (including phenoxy) is 1. The molecule has 9 nitrogen and oxygen atoms in total. The number of pyridine rings is 1. The Bertz CT molecular complexity index is 1560. The summed E-state index contributed by atoms with van der Waals surface area (Å²) in [5.74, 6) is -0.188. The van der Waals surface area contributed by atoms with Crippen molar-refractivity contribution >= 4 is 34.4 Å². The molecule has 0 aliphatic heterocycles. The van der Waals surface area contributed by atoms with E-state index in [9.17, 15) is 19.5 Å². The monoisotopic (exact) mass is 612 g/mol. The molecule has 0 bridgehead atoms. The van der Waals surface area contributed by atoms with E-state index in [1.807, 2.05) is 86.6 Å². The summed E-state index contributed by atoms with van der Waals surface area (Å²) in [6.07, 6.45) is 3.50. The molecule has 0 saturated carbocycles. The predicted octanol–water partition coefficient (Wildman–Crippen LogP) is 6.67. The standard InChI is InChI=1S/C33H36N4O5.C3H8/c1-3-42-29-15-14-25(26-7-4-5-8-27(26)29)23-10-12-24(13-11-23)28(20-33(40)41)37-32(39)21-36-31(38)9-6-17-34-30-19-22(2)16-18-35-30;1-3-2/h4-5,7-8,10-16,18-19,28H,3,6,9,17,20-21H2,1-2H3,(H,34,35)(H,36,38)(H,37,39)(H,40,41);3H2,1-2H3. The molecule has 1 heterocycles. The van der Waals surface area contributed by atoms with Crippen LogP contribution in [0.3, 0.4) is 0 Å². The van der Waals surface area contributed by atoms with Crippen LogP contribution in [0, 0.1) is 6.92 Å². The maximum atomic E-state index is 12.6. The third kappa shape index (κ3) is 10.9. The van der Waals surface area contributed by atoms with Gasteiger partial charge in [-0.25, -0.2) is 4.98 Å². The van der Waals surface area contributed by atoms with Gasteiger partial charge in [0, 0.05) is 24.5 Å². The van der Waals surface area contributed by atoms with Crippen molar-refractivity contribution in [1.29, 1.82) is 0 Å². The number of rotatable bonds is 14. The molecule has 0 aliphatic rings. The molecule has 4 N–H and O–H groups in total. The van der Waals surface area contributed by atoms with E-state index < -0.39 is 17.9 Å². The molecule has 3 aromatic carbocycles. The Morgan fingerprint density at radius 2 is 1.62 bits per heavy atom. The van der Waals surface area contributed by atoms with E-state index in [1.54, 1.807) is 6.20 Å². The fourth-order valence-corrected chi connectivity index (χ4v) is 4.74. The minimum Gasteiger partial charge on any atom is -0.493 e. The second kappa shape index (κ2) is 18.0. The molecular weight excluding hydrogens is 568 g/mol. The highest BCUT2D eigenvalue weighted by Gasteiger charge is 2.19. The third-order valence-corrected chi connectivity index (χ3v) is 6.77. The van der Waals surface area contributed by atoms with Crippen LogP contribution in [0.4, 0.5) is 5.82 Å². The number of nitrogens with one attached hydrogen (secondary N) is 3. The van der Waals surface area contributed by atoms with Crippen LogP contribution in [-0.4, -0.2) is 47.6 Å². The van der Waals surface area contributed by atoms with E-state index in [2.05, 4.69) is 34.8 Å². The van der Waals surface area contributed by atoms with Crippen molar-refractivity contribution < 1.29 is 24.2 Å². The first-order valence-electron chi connectivity index (χ1n) is 15.4. The van der Waals surface area contributed by atoms with Gasteiger partial charge in [-0.1, -0.05) is 74.9 Å². The quantitative estimate of drug-likeness (QED) is 0.117. The van der Waals surface area contributed by atoms with Crippen LogP contribution in [0.25, 0.3) is 21.9 Å². The Balaban J connectivity index is 0.00000177. The highest BCUT2D eigenvalue weighted by atomic mass is 16.5. The second-order valence-electron chi connectivity index (χ2n) is 10.7. The van der Waals surface area contributed by atoms with Crippen molar-refractivity contribution in [2.24, 2.45) is 0 Å². The molecule has 0 spiro atoms. The Labute approximate surface area is 265 Å². The number of carbonyl (C=O) groups is 3. The molecule has 0 fully saturated rings. The highest BCUT2D eigenvalue weighted by Crippen LogP contribution is 2.35. The number of nitrogens with zero attached hydrogens (tertiary/aromatic N) is 1. The fourth-order valence-electron chi connectivity index (χ4n) is 4.74. The van der Waals surface area contributed by atoms with E-state index in [0.29, 0.717) is 25.1 Å². The van der Waals surface area contributed by atoms with E-state index >= 15 is 0 Å². The zero-order valence-corrected chi connectivity index (χ0v) is 26.6. The summed E-state index contributed by atoms with van der Waals surface area (Å²) in [5.41, 5.74) is 3.73. The maximum Gasteiger partial charge on any atom is 0.305 e. The van der Waals surface area contributed by atoms with E-state index in [0.717, 1.165) is 39.0 Å². The Kier molecular flexibility index (Phi) is 13.8. The first kappa shape index (κ1) is 34.6. The summed E-state index contributed by atoms with van der Waals surface area (Å²) in [7, 11) is 0. The minimum atomic E-state index is -1.04. The van der Waals surface area contributed by atoms with Crippen molar-refractivity contribution in [3.05, 3.63) is 90.1 Å². The number of aromatic nitrogens is 1. The Morgan fingerprint density at radius 3 is 2.29 bits per heavy atom. The zero-order chi connectivity index (χ0) is 32.6. The van der Waals surface area contributed by atoms with E-state index in [-0.39, 0.29) is 25.3 Å². The summed E-state index contributed by atoms with van der Waals surface area (Å²) in [5, 5.41) is 20.1. The van der Waals surface area contributed by atoms with Gasteiger partial charge in [0.1, 0.15) is 11.6 Å². The topological polar surface area (TPSA) is 130 Å². The molecule has 2 amide bonds. The predicted molar refractivity (Wildman–Crippen MR) is 179 cm³/mol. The number of aliphatic carboxylic acids is 1. The molecule has 9 heteroatoms. The van der Waals surface area contributed by atoms with Gasteiger partial charge < -0.3 is 25.8 Å². The molecule has 0 saturated heterocycles. The molecule has 1 aromatic heterocycles. The largest absolute Gasteiger partial charge is 0.493 e. The average Bonchev–Trinajstić information content (AvgIpc) is 3.02. The number of aryl methyl sites for hydroxylation is 1. The number of hydrogen-bond acceptors (Lipinski definition) is 6. The molecule has 45 heavy (non-hydrogen) atoms. The van der Waals surface area contributed by atoms with Gasteiger partial charge in [-0.05, 0) is 66.1 Å². The van der Waals surface area contributed by atoms with Gasteiger partial charge in [-0.15, -0.1) is 0 Å². The number of amides is 2. The lowest BCUT2D eigenvalue weighted by Crippen LogP contribution is -2.39. The van der Waals surface area contributed by atoms with Crippen LogP contribution >= 0.6 is 0 Å². The first-order valence-corrected chi connectivity index (χ1v) is 15.4. The second-order valence-corrected chi connectivity index (χ2v) is 10.7. The highest BCUT2D eigenvalue weighted by molar-refractivity contribution is 6.00. The molecule has 0 radical (unpaired) electrons. The first-order chi connectivity index (χ1) is 21.7. The van der Waals surface area contributed by atoms with Crippen molar-refractivity contribution in [3.8, 4) is 16.9 Å². The van der Waals surface area contributed by atoms with Gasteiger partial charge in [0.15, 0.2) is 0 Å². The van der Waals surface area contributed by atoms with Crippen LogP contribution in [0.5, 0.6) is 5.75 Å². The van der Waals surface area contributed by atoms with Crippen LogP contribution in [0.2, 0.25) is 0 Å². The molecule has 4 rings (SSSR count). The van der Waals surface area contributed by atoms with E-state index in [1.165, 1.54) is 6.42 Å². The number of carboxylic acids is 1. The van der Waals surface area contributed by atoms with Crippen molar-refractivity contribution in [1.82, 2.24) is 15.6 Å². The summed E-state index contributed by atoms with van der Waals surface area (Å²) >= 11 is 0. The van der Waals surface area contributed by atoms with Crippen molar-refractivity contribution in [2.75, 3.05) is 25.0 Å². The van der Waals surface area contributed by atoms with Gasteiger partial charge in [0.25, 0.3) is 0 Å². The van der Waals surface area contributed by atoms with Crippen LogP contribution in [0.1, 0.15) is 63.6 Å². The smallest absolute Gasteiger partial charge is 0.305 e. The summed E-state index contributed by atoms with van der Waals surface area (Å²) in [6.45, 7) is 9.08. The molecule has 1 atom stereocenters. The Hall–Kier alpha value is -4.92. The Morgan fingerprint density at radius 1 is 0.911 bits per heavy atom. The summed E-state index contributed by atoms with van der Waals surface area (Å²) in [6, 6.07) is 22.5. The summed E-state index contributed by atoms with van der Waals surface area (Å²) < 4.78 is 5.79. The van der Waals surface area contributed by atoms with Crippen molar-refractivity contribution in [2.45, 2.75) is 59.4 Å². The minimum absolute atomic E-state index is 0.238. The number of carbonyl (C=O) groups excluding carboxylic acids is 2. The number of anilines is 1. The molecule has 0 aliphatic carbocycles. The third-order valence-electron chi connectivity index (χ3n) is 6.77. The summed E-state index contributed by atoms with van der Waals surface area (Å²) in [4.78, 5) is 40.7. The zero-order valence-electron chi connectivity index (χ0n) is 26.6. The molecule has 4 aromatic rings. The molecule has 238 valence electrons. The van der Waals surface area contributed by atoms with Crippen LogP contribution in [-0.2, 0) is 14.4 Å². The van der Waals surface area contributed by atoms with Crippen molar-refractivity contribution in [3.63, 3.8) is 0 Å². The maximum absolute atomic E-state index is 12.6. The number of carboxylic acid groups (broad SMARTS) is 1. The van der Waals surface area contributed by atoms with Gasteiger partial charge in [0.05, 0.1) is 25.6 Å². The lowest BCUT2D eigenvalue weighted by Gasteiger charge is -2.18. The van der Waals surface area contributed by atoms with Crippen LogP contribution in [0.15, 0.2) is 79.0 Å². The lowest BCUT2D eigenvalue weighted by molar-refractivity contribution is -0.138. The lowest BCUT2D eigenvalue weighted by atomic mass is 9.95. The number of benzene rings is 3. The van der Waals surface area contributed by atoms with Crippen LogP contribution < -0.4 is 20.7 Å². The van der Waals surface area contributed by atoms with Gasteiger partial charge >= 0.3 is 5.97 Å². The fraction of sp³-hybridized carbons (Fsp3) is 0.333. The number of hydrogen-bond donors (Lipinski definition) is 4. The SMILES string of the molecule is CCC.CCOc1ccc(-c2ccc(C(CC(=O)O)NC(=O)CNC(=O)CCCNc3cc(C)ccn3)cc2)c2ccccc12. The molecule has 1 unspecified atom stereocenters. The van der Waals surface area contributed by atoms with Gasteiger partial charge in [-0.2, -0.15) is 0 Å². The van der Waals surface area contributed by atoms with E-state index in [4.69, 9.17) is 4.74 Å². The van der Waals surface area contributed by atoms with Gasteiger partial charge in [0.2, 0.25) is 11.8 Å². The van der Waals surface area contributed by atoms with Gasteiger partial charge in [-0.3, -0.25) is 14.4 Å². The molecular formula is C36H44N4O5.